The van der Waals surface area contributed by atoms with Crippen LogP contribution in [0.3, 0.4) is 0 Å². The fourth-order valence-electron chi connectivity index (χ4n) is 2.96. The molecule has 2 rings (SSSR count). The van der Waals surface area contributed by atoms with Crippen LogP contribution in [-0.4, -0.2) is 15.6 Å². The molecule has 0 saturated heterocycles. The van der Waals surface area contributed by atoms with Crippen LogP contribution in [0, 0.1) is 0 Å². The van der Waals surface area contributed by atoms with E-state index < -0.39 is 5.97 Å². The summed E-state index contributed by atoms with van der Waals surface area (Å²) in [6.45, 7) is 2.92. The largest absolute Gasteiger partial charge is 0.481 e. The molecule has 1 aliphatic carbocycles. The maximum atomic E-state index is 12.5. The molecule has 0 aliphatic heterocycles. The van der Waals surface area contributed by atoms with Crippen LogP contribution in [-0.2, 0) is 30.6 Å². The van der Waals surface area contributed by atoms with E-state index in [9.17, 15) is 9.59 Å². The van der Waals surface area contributed by atoms with Gasteiger partial charge in [-0.2, -0.15) is 0 Å². The zero-order chi connectivity index (χ0) is 14.5. The van der Waals surface area contributed by atoms with Crippen molar-refractivity contribution in [2.75, 3.05) is 0 Å². The van der Waals surface area contributed by atoms with Gasteiger partial charge in [-0.25, -0.2) is 0 Å². The molecule has 110 valence electrons. The molecule has 1 aliphatic rings. The number of pyridine rings is 1. The lowest BCUT2D eigenvalue weighted by Crippen LogP contribution is -2.27. The highest BCUT2D eigenvalue weighted by molar-refractivity contribution is 5.67. The number of fused-ring (bicyclic) bond motifs is 1. The molecule has 1 aromatic rings. The molecule has 4 nitrogen and oxygen atoms in total. The van der Waals surface area contributed by atoms with Crippen molar-refractivity contribution in [2.24, 2.45) is 0 Å². The van der Waals surface area contributed by atoms with Crippen molar-refractivity contribution in [2.45, 2.75) is 64.8 Å². The molecule has 0 fully saturated rings. The van der Waals surface area contributed by atoms with Gasteiger partial charge in [-0.05, 0) is 43.7 Å². The third-order valence-corrected chi connectivity index (χ3v) is 4.02. The molecule has 0 atom stereocenters. The number of hydrogen-bond donors (Lipinski definition) is 1. The van der Waals surface area contributed by atoms with Gasteiger partial charge in [0, 0.05) is 24.2 Å². The molecule has 1 heterocycles. The van der Waals surface area contributed by atoms with Crippen molar-refractivity contribution in [3.8, 4) is 0 Å². The van der Waals surface area contributed by atoms with Crippen molar-refractivity contribution >= 4 is 5.97 Å². The van der Waals surface area contributed by atoms with E-state index >= 15 is 0 Å². The van der Waals surface area contributed by atoms with Crippen LogP contribution < -0.4 is 5.56 Å². The highest BCUT2D eigenvalue weighted by Crippen LogP contribution is 2.22. The Kier molecular flexibility index (Phi) is 4.99. The van der Waals surface area contributed by atoms with Gasteiger partial charge in [0.25, 0.3) is 5.56 Å². The standard InChI is InChI=1S/C16H23NO3/c1-2-3-4-10-17-14-7-5-6-12(14)11-13(16(17)20)8-9-15(18)19/h11H,2-10H2,1H3,(H,18,19). The molecule has 0 unspecified atom stereocenters. The van der Waals surface area contributed by atoms with E-state index in [2.05, 4.69) is 6.92 Å². The van der Waals surface area contributed by atoms with E-state index in [0.29, 0.717) is 12.0 Å². The molecule has 0 saturated carbocycles. The Labute approximate surface area is 119 Å². The summed E-state index contributed by atoms with van der Waals surface area (Å²) < 4.78 is 1.91. The number of hydrogen-bond acceptors (Lipinski definition) is 2. The quantitative estimate of drug-likeness (QED) is 0.779. The van der Waals surface area contributed by atoms with Gasteiger partial charge in [-0.15, -0.1) is 0 Å². The molecule has 0 amide bonds. The SMILES string of the molecule is CCCCCn1c2c(cc(CCC(=O)O)c1=O)CCC2. The lowest BCUT2D eigenvalue weighted by Gasteiger charge is -2.14. The van der Waals surface area contributed by atoms with Crippen molar-refractivity contribution in [1.29, 1.82) is 0 Å². The summed E-state index contributed by atoms with van der Waals surface area (Å²) in [4.78, 5) is 23.2. The second-order valence-corrected chi connectivity index (χ2v) is 5.55. The third-order valence-electron chi connectivity index (χ3n) is 4.02. The van der Waals surface area contributed by atoms with Crippen molar-refractivity contribution in [3.63, 3.8) is 0 Å². The Morgan fingerprint density at radius 3 is 2.85 bits per heavy atom. The Morgan fingerprint density at radius 1 is 1.35 bits per heavy atom. The smallest absolute Gasteiger partial charge is 0.303 e. The predicted octanol–water partition coefficient (Wildman–Crippen LogP) is 2.54. The molecular formula is C16H23NO3. The van der Waals surface area contributed by atoms with Gasteiger partial charge in [0.15, 0.2) is 0 Å². The zero-order valence-electron chi connectivity index (χ0n) is 12.2. The van der Waals surface area contributed by atoms with Gasteiger partial charge in [0.2, 0.25) is 0 Å². The summed E-state index contributed by atoms with van der Waals surface area (Å²) in [7, 11) is 0. The minimum atomic E-state index is -0.845. The number of aliphatic carboxylic acids is 1. The molecule has 0 radical (unpaired) electrons. The summed E-state index contributed by atoms with van der Waals surface area (Å²) in [6, 6.07) is 1.95. The number of carboxylic acids is 1. The maximum Gasteiger partial charge on any atom is 0.303 e. The second kappa shape index (κ2) is 6.73. The van der Waals surface area contributed by atoms with Crippen LogP contribution in [0.15, 0.2) is 10.9 Å². The summed E-state index contributed by atoms with van der Waals surface area (Å²) >= 11 is 0. The lowest BCUT2D eigenvalue weighted by molar-refractivity contribution is -0.136. The first-order chi connectivity index (χ1) is 9.63. The molecular weight excluding hydrogens is 254 g/mol. The first-order valence-corrected chi connectivity index (χ1v) is 7.59. The van der Waals surface area contributed by atoms with Crippen LogP contribution in [0.1, 0.15) is 55.8 Å². The molecule has 0 spiro atoms. The Hall–Kier alpha value is -1.58. The fraction of sp³-hybridized carbons (Fsp3) is 0.625. The fourth-order valence-corrected chi connectivity index (χ4v) is 2.96. The number of nitrogens with zero attached hydrogens (tertiary/aromatic N) is 1. The number of unbranched alkanes of at least 4 members (excludes halogenated alkanes) is 2. The average molecular weight is 277 g/mol. The summed E-state index contributed by atoms with van der Waals surface area (Å²) in [5.41, 5.74) is 3.14. The summed E-state index contributed by atoms with van der Waals surface area (Å²) in [6.07, 6.45) is 6.75. The van der Waals surface area contributed by atoms with Crippen molar-refractivity contribution < 1.29 is 9.90 Å². The van der Waals surface area contributed by atoms with E-state index in [1.807, 2.05) is 10.6 Å². The first-order valence-electron chi connectivity index (χ1n) is 7.59. The van der Waals surface area contributed by atoms with Gasteiger partial charge in [0.05, 0.1) is 0 Å². The lowest BCUT2D eigenvalue weighted by atomic mass is 10.1. The van der Waals surface area contributed by atoms with E-state index in [1.54, 1.807) is 0 Å². The highest BCUT2D eigenvalue weighted by Gasteiger charge is 2.19. The molecule has 1 N–H and O–H groups in total. The van der Waals surface area contributed by atoms with Crippen LogP contribution in [0.2, 0.25) is 0 Å². The predicted molar refractivity (Wildman–Crippen MR) is 78.2 cm³/mol. The zero-order valence-corrected chi connectivity index (χ0v) is 12.2. The van der Waals surface area contributed by atoms with Crippen LogP contribution in [0.25, 0.3) is 0 Å². The summed E-state index contributed by atoms with van der Waals surface area (Å²) in [5, 5.41) is 8.79. The average Bonchev–Trinajstić information content (AvgIpc) is 2.87. The van der Waals surface area contributed by atoms with Crippen LogP contribution in [0.4, 0.5) is 0 Å². The minimum Gasteiger partial charge on any atom is -0.481 e. The summed E-state index contributed by atoms with van der Waals surface area (Å²) in [5.74, 6) is -0.845. The Balaban J connectivity index is 2.28. The molecule has 0 aromatic carbocycles. The first kappa shape index (κ1) is 14.8. The number of carbonyl (C=O) groups is 1. The van der Waals surface area contributed by atoms with Crippen molar-refractivity contribution in [1.82, 2.24) is 4.57 Å². The molecule has 0 bridgehead atoms. The monoisotopic (exact) mass is 277 g/mol. The van der Waals surface area contributed by atoms with Gasteiger partial charge in [-0.3, -0.25) is 9.59 Å². The number of aromatic nitrogens is 1. The molecule has 4 heteroatoms. The maximum absolute atomic E-state index is 12.5. The van der Waals surface area contributed by atoms with E-state index in [0.717, 1.165) is 45.1 Å². The molecule has 1 aromatic heterocycles. The number of carboxylic acid groups (broad SMARTS) is 1. The van der Waals surface area contributed by atoms with Gasteiger partial charge >= 0.3 is 5.97 Å². The van der Waals surface area contributed by atoms with Gasteiger partial charge in [-0.1, -0.05) is 19.8 Å². The van der Waals surface area contributed by atoms with E-state index in [4.69, 9.17) is 5.11 Å². The second-order valence-electron chi connectivity index (χ2n) is 5.55. The Morgan fingerprint density at radius 2 is 2.15 bits per heavy atom. The van der Waals surface area contributed by atoms with Crippen LogP contribution >= 0.6 is 0 Å². The highest BCUT2D eigenvalue weighted by atomic mass is 16.4. The number of aryl methyl sites for hydroxylation is 2. The van der Waals surface area contributed by atoms with E-state index in [1.165, 1.54) is 11.3 Å². The van der Waals surface area contributed by atoms with Crippen LogP contribution in [0.5, 0.6) is 0 Å². The topological polar surface area (TPSA) is 59.3 Å². The van der Waals surface area contributed by atoms with E-state index in [-0.39, 0.29) is 12.0 Å². The van der Waals surface area contributed by atoms with Gasteiger partial charge < -0.3 is 9.67 Å². The van der Waals surface area contributed by atoms with Crippen molar-refractivity contribution in [3.05, 3.63) is 33.2 Å². The number of rotatable bonds is 7. The minimum absolute atomic E-state index is 0.0306. The molecule has 20 heavy (non-hydrogen) atoms. The third kappa shape index (κ3) is 3.30. The van der Waals surface area contributed by atoms with Gasteiger partial charge in [0.1, 0.15) is 0 Å². The Bertz CT molecular complexity index is 545. The normalized spacial score (nSPS) is 13.4.